The molecule has 0 spiro atoms. The van der Waals surface area contributed by atoms with Crippen LogP contribution < -0.4 is 0 Å². The van der Waals surface area contributed by atoms with Gasteiger partial charge in [0.2, 0.25) is 0 Å². The summed E-state index contributed by atoms with van der Waals surface area (Å²) < 4.78 is 0. The summed E-state index contributed by atoms with van der Waals surface area (Å²) in [7, 11) is 0. The van der Waals surface area contributed by atoms with Crippen LogP contribution in [0.5, 0.6) is 0 Å². The van der Waals surface area contributed by atoms with E-state index in [9.17, 15) is 0 Å². The number of nitrogens with zero attached hydrogens (tertiary/aromatic N) is 2. The zero-order valence-electron chi connectivity index (χ0n) is 8.06. The summed E-state index contributed by atoms with van der Waals surface area (Å²) in [5.41, 5.74) is -0.0788. The van der Waals surface area contributed by atoms with Crippen molar-refractivity contribution in [3.63, 3.8) is 0 Å². The van der Waals surface area contributed by atoms with Gasteiger partial charge in [0.25, 0.3) is 0 Å². The normalized spacial score (nSPS) is 14.8. The van der Waals surface area contributed by atoms with Crippen LogP contribution in [-0.2, 0) is 0 Å². The average Bonchev–Trinajstić information content (AvgIpc) is 1.85. The lowest BCUT2D eigenvalue weighted by Crippen LogP contribution is -2.17. The fourth-order valence-electron chi connectivity index (χ4n) is 0.622. The maximum Gasteiger partial charge on any atom is 0.132 e. The Balaban J connectivity index is 4.68. The van der Waals surface area contributed by atoms with Gasteiger partial charge in [-0.25, -0.2) is 9.98 Å². The molecule has 0 saturated carbocycles. The molecule has 0 aromatic rings. The van der Waals surface area contributed by atoms with Crippen molar-refractivity contribution in [2.75, 3.05) is 0 Å². The van der Waals surface area contributed by atoms with E-state index in [4.69, 9.17) is 11.6 Å². The molecule has 0 aliphatic rings. The Morgan fingerprint density at radius 3 is 2.17 bits per heavy atom. The molecular formula is C9H15ClN2. The molecule has 0 unspecified atom stereocenters. The van der Waals surface area contributed by atoms with Crippen LogP contribution in [0.4, 0.5) is 0 Å². The minimum atomic E-state index is -0.0788. The second kappa shape index (κ2) is 4.41. The molecule has 0 saturated heterocycles. The Labute approximate surface area is 79.1 Å². The number of amidine groups is 1. The largest absolute Gasteiger partial charge is 0.249 e. The van der Waals surface area contributed by atoms with E-state index in [2.05, 4.69) is 16.7 Å². The topological polar surface area (TPSA) is 24.7 Å². The van der Waals surface area contributed by atoms with Crippen LogP contribution in [0.25, 0.3) is 0 Å². The number of halogens is 1. The van der Waals surface area contributed by atoms with Gasteiger partial charge in [-0.05, 0) is 13.6 Å². The highest BCUT2D eigenvalue weighted by molar-refractivity contribution is 6.29. The summed E-state index contributed by atoms with van der Waals surface area (Å²) in [5, 5.41) is 0.639. The van der Waals surface area contributed by atoms with E-state index in [-0.39, 0.29) is 5.41 Å². The van der Waals surface area contributed by atoms with E-state index in [1.165, 1.54) is 0 Å². The van der Waals surface area contributed by atoms with Crippen molar-refractivity contribution in [1.29, 1.82) is 0 Å². The monoisotopic (exact) mass is 186 g/mol. The quantitative estimate of drug-likeness (QED) is 0.444. The van der Waals surface area contributed by atoms with Crippen molar-refractivity contribution < 1.29 is 0 Å². The summed E-state index contributed by atoms with van der Waals surface area (Å²) in [5.74, 6) is 0.697. The molecule has 0 atom stereocenters. The number of aliphatic imine (C=N–C) groups is 2. The van der Waals surface area contributed by atoms with Crippen LogP contribution in [0.3, 0.4) is 0 Å². The second-order valence-corrected chi connectivity index (χ2v) is 4.17. The first-order chi connectivity index (χ1) is 5.38. The minimum Gasteiger partial charge on any atom is -0.249 e. The Morgan fingerprint density at radius 2 is 1.92 bits per heavy atom. The van der Waals surface area contributed by atoms with E-state index in [1.807, 2.05) is 20.8 Å². The van der Waals surface area contributed by atoms with Gasteiger partial charge >= 0.3 is 0 Å². The standard InChI is InChI=1S/C9H15ClN2/c1-7(10)6-12-8(11-5)9(2,3)4/h6H,5H2,1-4H3/b7-6+,12-8-. The molecule has 3 heteroatoms. The first-order valence-corrected chi connectivity index (χ1v) is 4.13. The van der Waals surface area contributed by atoms with Gasteiger partial charge in [-0.2, -0.15) is 0 Å². The number of hydrogen-bond acceptors (Lipinski definition) is 1. The van der Waals surface area contributed by atoms with Crippen molar-refractivity contribution in [1.82, 2.24) is 0 Å². The summed E-state index contributed by atoms with van der Waals surface area (Å²) in [6.45, 7) is 11.3. The molecule has 0 N–H and O–H groups in total. The molecule has 0 aliphatic carbocycles. The van der Waals surface area contributed by atoms with Crippen LogP contribution in [-0.4, -0.2) is 12.6 Å². The predicted molar refractivity (Wildman–Crippen MR) is 56.0 cm³/mol. The Hall–Kier alpha value is -0.630. The molecule has 0 aromatic carbocycles. The van der Waals surface area contributed by atoms with Crippen molar-refractivity contribution in [3.05, 3.63) is 11.2 Å². The molecule has 0 aromatic heterocycles. The van der Waals surface area contributed by atoms with Crippen LogP contribution >= 0.6 is 11.6 Å². The second-order valence-electron chi connectivity index (χ2n) is 3.58. The highest BCUT2D eigenvalue weighted by Gasteiger charge is 2.16. The highest BCUT2D eigenvalue weighted by atomic mass is 35.5. The van der Waals surface area contributed by atoms with E-state index in [1.54, 1.807) is 13.1 Å². The van der Waals surface area contributed by atoms with Crippen molar-refractivity contribution in [3.8, 4) is 0 Å². The number of rotatable bonds is 1. The summed E-state index contributed by atoms with van der Waals surface area (Å²) >= 11 is 5.62. The third-order valence-electron chi connectivity index (χ3n) is 1.19. The van der Waals surface area contributed by atoms with Gasteiger partial charge in [0.1, 0.15) is 5.84 Å². The first-order valence-electron chi connectivity index (χ1n) is 3.75. The summed E-state index contributed by atoms with van der Waals surface area (Å²) in [6, 6.07) is 0. The third-order valence-corrected chi connectivity index (χ3v) is 1.28. The molecule has 0 fully saturated rings. The van der Waals surface area contributed by atoms with Gasteiger partial charge < -0.3 is 0 Å². The third kappa shape index (κ3) is 4.29. The molecule has 0 amide bonds. The maximum atomic E-state index is 5.62. The van der Waals surface area contributed by atoms with Gasteiger partial charge in [0.05, 0.1) is 0 Å². The zero-order chi connectivity index (χ0) is 9.78. The van der Waals surface area contributed by atoms with Gasteiger partial charge in [-0.1, -0.05) is 32.4 Å². The maximum absolute atomic E-state index is 5.62. The van der Waals surface area contributed by atoms with Gasteiger partial charge in [0.15, 0.2) is 0 Å². The smallest absolute Gasteiger partial charge is 0.132 e. The van der Waals surface area contributed by atoms with Crippen LogP contribution in [0, 0.1) is 5.41 Å². The van der Waals surface area contributed by atoms with Crippen molar-refractivity contribution in [2.24, 2.45) is 15.4 Å². The van der Waals surface area contributed by atoms with Gasteiger partial charge in [0, 0.05) is 16.6 Å². The molecule has 0 rings (SSSR count). The van der Waals surface area contributed by atoms with E-state index < -0.39 is 0 Å². The molecule has 68 valence electrons. The summed E-state index contributed by atoms with van der Waals surface area (Å²) in [6.07, 6.45) is 1.58. The predicted octanol–water partition coefficient (Wildman–Crippen LogP) is 3.23. The van der Waals surface area contributed by atoms with Crippen LogP contribution in [0.2, 0.25) is 0 Å². The Kier molecular flexibility index (Phi) is 4.18. The van der Waals surface area contributed by atoms with Gasteiger partial charge in [-0.3, -0.25) is 0 Å². The lowest BCUT2D eigenvalue weighted by molar-refractivity contribution is 0.585. The Morgan fingerprint density at radius 1 is 1.42 bits per heavy atom. The van der Waals surface area contributed by atoms with Gasteiger partial charge in [-0.15, -0.1) is 0 Å². The molecular weight excluding hydrogens is 172 g/mol. The SMILES string of the molecule is C=N/C(=N\C=C(/C)Cl)C(C)(C)C. The van der Waals surface area contributed by atoms with E-state index in [0.717, 1.165) is 0 Å². The molecule has 0 bridgehead atoms. The molecule has 0 radical (unpaired) electrons. The zero-order valence-corrected chi connectivity index (χ0v) is 8.81. The molecule has 0 heterocycles. The fraction of sp³-hybridized carbons (Fsp3) is 0.556. The molecule has 12 heavy (non-hydrogen) atoms. The molecule has 0 aliphatic heterocycles. The Bertz CT molecular complexity index is 217. The molecule has 2 nitrogen and oxygen atoms in total. The van der Waals surface area contributed by atoms with Crippen LogP contribution in [0.1, 0.15) is 27.7 Å². The van der Waals surface area contributed by atoms with E-state index in [0.29, 0.717) is 10.9 Å². The first kappa shape index (κ1) is 11.4. The number of allylic oxidation sites excluding steroid dienone is 1. The fourth-order valence-corrected chi connectivity index (χ4v) is 0.671. The van der Waals surface area contributed by atoms with E-state index >= 15 is 0 Å². The van der Waals surface area contributed by atoms with Crippen molar-refractivity contribution in [2.45, 2.75) is 27.7 Å². The van der Waals surface area contributed by atoms with Crippen molar-refractivity contribution >= 4 is 24.2 Å². The lowest BCUT2D eigenvalue weighted by atomic mass is 9.95. The van der Waals surface area contributed by atoms with Crippen LogP contribution in [0.15, 0.2) is 21.2 Å². The number of hydrogen-bond donors (Lipinski definition) is 0. The highest BCUT2D eigenvalue weighted by Crippen LogP contribution is 2.17. The summed E-state index contributed by atoms with van der Waals surface area (Å²) in [4.78, 5) is 7.93. The average molecular weight is 187 g/mol. The minimum absolute atomic E-state index is 0.0788. The lowest BCUT2D eigenvalue weighted by Gasteiger charge is -2.16.